The second-order valence-corrected chi connectivity index (χ2v) is 11.0. The number of sulfonamides is 1. The van der Waals surface area contributed by atoms with E-state index in [1.807, 2.05) is 20.8 Å². The van der Waals surface area contributed by atoms with Gasteiger partial charge in [-0.2, -0.15) is 5.53 Å². The molecular weight excluding hydrogens is 486 g/mol. The van der Waals surface area contributed by atoms with Crippen LogP contribution in [0.1, 0.15) is 62.6 Å². The van der Waals surface area contributed by atoms with Gasteiger partial charge in [-0.1, -0.05) is 50.1 Å². The van der Waals surface area contributed by atoms with Gasteiger partial charge in [-0.3, -0.25) is 4.90 Å². The quantitative estimate of drug-likeness (QED) is 0.428. The molecule has 2 aromatic rings. The number of aryl methyl sites for hydroxylation is 2. The van der Waals surface area contributed by atoms with Crippen LogP contribution < -0.4 is 25.8 Å². The summed E-state index contributed by atoms with van der Waals surface area (Å²) < 4.78 is 32.2. The van der Waals surface area contributed by atoms with Crippen LogP contribution in [0, 0.1) is 6.92 Å². The lowest BCUT2D eigenvalue weighted by Crippen LogP contribution is -2.32. The Morgan fingerprint density at radius 2 is 1.76 bits per heavy atom. The topological polar surface area (TPSA) is 94.7 Å². The lowest BCUT2D eigenvalue weighted by Gasteiger charge is -2.27. The fourth-order valence-corrected chi connectivity index (χ4v) is 5.42. The Hall–Kier alpha value is -2.59. The Kier molecular flexibility index (Phi) is 11.7. The van der Waals surface area contributed by atoms with Gasteiger partial charge in [-0.15, -0.1) is 0 Å². The number of hydrogen-bond donors (Lipinski definition) is 4. The number of nitrogens with zero attached hydrogens (tertiary/aromatic N) is 1. The number of hydrogen-bond acceptors (Lipinski definition) is 7. The van der Waals surface area contributed by atoms with Crippen molar-refractivity contribution in [3.05, 3.63) is 71.1 Å². The molecule has 37 heavy (non-hydrogen) atoms. The van der Waals surface area contributed by atoms with E-state index in [9.17, 15) is 8.42 Å². The first-order chi connectivity index (χ1) is 18.0. The SMILES string of the molecule is CC.Cc1ccc(S(=O)(=O)NCCC2=CNNN2)cc1.c1cc2c(cc1CN1CCCCC1)OCCC2. The van der Waals surface area contributed by atoms with Crippen LogP contribution in [-0.2, 0) is 23.0 Å². The zero-order valence-corrected chi connectivity index (χ0v) is 23.3. The van der Waals surface area contributed by atoms with E-state index in [0.29, 0.717) is 13.0 Å². The van der Waals surface area contributed by atoms with Crippen molar-refractivity contribution in [3.63, 3.8) is 0 Å². The number of piperidine rings is 1. The van der Waals surface area contributed by atoms with Crippen molar-refractivity contribution in [3.8, 4) is 5.75 Å². The van der Waals surface area contributed by atoms with Crippen molar-refractivity contribution in [2.45, 2.75) is 70.7 Å². The van der Waals surface area contributed by atoms with E-state index in [1.54, 1.807) is 30.5 Å². The van der Waals surface area contributed by atoms with Crippen LogP contribution in [0.5, 0.6) is 5.75 Å². The van der Waals surface area contributed by atoms with Crippen LogP contribution in [0.2, 0.25) is 0 Å². The van der Waals surface area contributed by atoms with Crippen molar-refractivity contribution < 1.29 is 13.2 Å². The minimum Gasteiger partial charge on any atom is -0.493 e. The zero-order valence-electron chi connectivity index (χ0n) is 22.5. The molecule has 0 unspecified atom stereocenters. The van der Waals surface area contributed by atoms with Crippen molar-refractivity contribution in [2.24, 2.45) is 0 Å². The van der Waals surface area contributed by atoms with Gasteiger partial charge >= 0.3 is 0 Å². The molecule has 0 atom stereocenters. The van der Waals surface area contributed by atoms with Gasteiger partial charge in [0, 0.05) is 31.4 Å². The Morgan fingerprint density at radius 1 is 1.00 bits per heavy atom. The fourth-order valence-electron chi connectivity index (χ4n) is 4.39. The third-order valence-corrected chi connectivity index (χ3v) is 7.87. The monoisotopic (exact) mass is 529 g/mol. The lowest BCUT2D eigenvalue weighted by molar-refractivity contribution is 0.220. The summed E-state index contributed by atoms with van der Waals surface area (Å²) in [5.41, 5.74) is 13.0. The molecule has 1 fully saturated rings. The molecule has 0 spiro atoms. The van der Waals surface area contributed by atoms with Gasteiger partial charge in [0.2, 0.25) is 10.0 Å². The summed E-state index contributed by atoms with van der Waals surface area (Å²) in [5, 5.41) is 0. The molecule has 8 nitrogen and oxygen atoms in total. The largest absolute Gasteiger partial charge is 0.493 e. The Bertz CT molecular complexity index is 1100. The summed E-state index contributed by atoms with van der Waals surface area (Å²) in [5.74, 6) is 1.13. The maximum absolute atomic E-state index is 11.9. The molecule has 0 aliphatic carbocycles. The summed E-state index contributed by atoms with van der Waals surface area (Å²) >= 11 is 0. The number of nitrogens with one attached hydrogen (secondary N) is 4. The summed E-state index contributed by atoms with van der Waals surface area (Å²) in [6, 6.07) is 13.6. The van der Waals surface area contributed by atoms with Gasteiger partial charge in [0.1, 0.15) is 5.75 Å². The normalized spacial score (nSPS) is 16.9. The average molecular weight is 530 g/mol. The van der Waals surface area contributed by atoms with Crippen molar-refractivity contribution in [1.29, 1.82) is 0 Å². The predicted octanol–water partition coefficient (Wildman–Crippen LogP) is 4.14. The molecule has 0 radical (unpaired) electrons. The van der Waals surface area contributed by atoms with Gasteiger partial charge in [0.25, 0.3) is 0 Å². The molecule has 0 bridgehead atoms. The number of rotatable bonds is 7. The Labute approximate surface area is 222 Å². The second-order valence-electron chi connectivity index (χ2n) is 9.26. The van der Waals surface area contributed by atoms with Crippen LogP contribution in [0.25, 0.3) is 0 Å². The first kappa shape index (κ1) is 29.0. The number of fused-ring (bicyclic) bond motifs is 1. The summed E-state index contributed by atoms with van der Waals surface area (Å²) in [4.78, 5) is 2.85. The zero-order chi connectivity index (χ0) is 26.5. The van der Waals surface area contributed by atoms with E-state index in [1.165, 1.54) is 56.3 Å². The van der Waals surface area contributed by atoms with Crippen LogP contribution in [-0.4, -0.2) is 39.6 Å². The maximum atomic E-state index is 11.9. The highest BCUT2D eigenvalue weighted by molar-refractivity contribution is 7.89. The van der Waals surface area contributed by atoms with Gasteiger partial charge in [0.15, 0.2) is 0 Å². The minimum atomic E-state index is -3.41. The molecule has 2 aromatic carbocycles. The van der Waals surface area contributed by atoms with E-state index < -0.39 is 10.0 Å². The molecule has 4 N–H and O–H groups in total. The highest BCUT2D eigenvalue weighted by Gasteiger charge is 2.15. The molecule has 0 amide bonds. The van der Waals surface area contributed by atoms with Gasteiger partial charge in [-0.05, 0) is 75.0 Å². The molecule has 9 heteroatoms. The maximum Gasteiger partial charge on any atom is 0.240 e. The fraction of sp³-hybridized carbons (Fsp3) is 0.500. The third-order valence-electron chi connectivity index (χ3n) is 6.39. The van der Waals surface area contributed by atoms with E-state index >= 15 is 0 Å². The highest BCUT2D eigenvalue weighted by atomic mass is 32.2. The van der Waals surface area contributed by atoms with Crippen molar-refractivity contribution >= 4 is 10.0 Å². The van der Waals surface area contributed by atoms with E-state index in [0.717, 1.165) is 30.2 Å². The molecule has 204 valence electrons. The first-order valence-corrected chi connectivity index (χ1v) is 15.0. The number of likely N-dealkylation sites (tertiary alicyclic amines) is 1. The molecule has 3 aliphatic rings. The molecule has 3 aliphatic heterocycles. The number of benzene rings is 2. The van der Waals surface area contributed by atoms with Crippen LogP contribution in [0.3, 0.4) is 0 Å². The van der Waals surface area contributed by atoms with Gasteiger partial charge in [-0.25, -0.2) is 13.1 Å². The smallest absolute Gasteiger partial charge is 0.240 e. The predicted molar refractivity (Wildman–Crippen MR) is 149 cm³/mol. The average Bonchev–Trinajstić information content (AvgIpc) is 3.45. The standard InChI is InChI=1S/C15H21NO.C11H16N4O2S.C2H6/c1-2-8-16(9-3-1)12-13-6-7-14-5-4-10-17-15(14)11-13;1-9-2-4-11(5-3-9)18(16,17)13-7-6-10-8-12-15-14-10;1-2/h6-7,11H,1-5,8-10,12H2;2-5,8,12-15H,6-7H2,1H3;1-2H3. The van der Waals surface area contributed by atoms with Crippen LogP contribution >= 0.6 is 0 Å². The number of ether oxygens (including phenoxy) is 1. The van der Waals surface area contributed by atoms with Crippen molar-refractivity contribution in [1.82, 2.24) is 26.0 Å². The summed E-state index contributed by atoms with van der Waals surface area (Å²) in [6.07, 6.45) is 8.82. The Morgan fingerprint density at radius 3 is 2.46 bits per heavy atom. The first-order valence-electron chi connectivity index (χ1n) is 13.5. The molecule has 3 heterocycles. The number of hydrazine groups is 2. The molecule has 0 saturated carbocycles. The third kappa shape index (κ3) is 9.34. The summed E-state index contributed by atoms with van der Waals surface area (Å²) in [6.45, 7) is 10.8. The van der Waals surface area contributed by atoms with E-state index in [-0.39, 0.29) is 4.90 Å². The highest BCUT2D eigenvalue weighted by Crippen LogP contribution is 2.26. The molecular formula is C28H43N5O3S. The summed E-state index contributed by atoms with van der Waals surface area (Å²) in [7, 11) is -3.41. The van der Waals surface area contributed by atoms with Crippen LogP contribution in [0.4, 0.5) is 0 Å². The van der Waals surface area contributed by atoms with Crippen LogP contribution in [0.15, 0.2) is 59.3 Å². The van der Waals surface area contributed by atoms with Gasteiger partial charge < -0.3 is 15.6 Å². The molecule has 0 aromatic heterocycles. The van der Waals surface area contributed by atoms with E-state index in [4.69, 9.17) is 4.74 Å². The second kappa shape index (κ2) is 15.0. The molecule has 5 rings (SSSR count). The van der Waals surface area contributed by atoms with Crippen molar-refractivity contribution in [2.75, 3.05) is 26.2 Å². The van der Waals surface area contributed by atoms with Gasteiger partial charge in [0.05, 0.1) is 11.5 Å². The minimum absolute atomic E-state index is 0.290. The lowest BCUT2D eigenvalue weighted by atomic mass is 10.0. The van der Waals surface area contributed by atoms with E-state index in [2.05, 4.69) is 44.2 Å². The molecule has 1 saturated heterocycles. The Balaban J connectivity index is 0.000000193.